The molecule has 1 atom stereocenters. The maximum absolute atomic E-state index is 5.57. The molecule has 15 heavy (non-hydrogen) atoms. The molecule has 0 aromatic carbocycles. The van der Waals surface area contributed by atoms with Crippen LogP contribution in [0.4, 0.5) is 0 Å². The zero-order chi connectivity index (χ0) is 10.3. The third-order valence-corrected chi connectivity index (χ3v) is 2.99. The summed E-state index contributed by atoms with van der Waals surface area (Å²) in [6.45, 7) is 0.832. The number of halogens is 1. The Balaban J connectivity index is 2.05. The van der Waals surface area contributed by atoms with E-state index in [0.717, 1.165) is 40.9 Å². The fourth-order valence-electron chi connectivity index (χ4n) is 1.84. The summed E-state index contributed by atoms with van der Waals surface area (Å²) in [6, 6.07) is 1.98. The van der Waals surface area contributed by atoms with Gasteiger partial charge in [-0.15, -0.1) is 0 Å². The average Bonchev–Trinajstić information content (AvgIpc) is 2.84. The Morgan fingerprint density at radius 1 is 1.53 bits per heavy atom. The lowest BCUT2D eigenvalue weighted by molar-refractivity contribution is 0.106. The first-order valence-electron chi connectivity index (χ1n) is 4.96. The van der Waals surface area contributed by atoms with Crippen LogP contribution >= 0.6 is 15.9 Å². The molecular weight excluding hydrogens is 258 g/mol. The number of aromatic nitrogens is 3. The summed E-state index contributed by atoms with van der Waals surface area (Å²) in [5.74, 6) is 0.896. The molecule has 0 amide bonds. The number of nitrogens with one attached hydrogen (secondary N) is 1. The molecule has 0 bridgehead atoms. The van der Waals surface area contributed by atoms with E-state index in [0.29, 0.717) is 0 Å². The van der Waals surface area contributed by atoms with Crippen LogP contribution in [0.1, 0.15) is 24.8 Å². The van der Waals surface area contributed by atoms with Crippen LogP contribution in [0.2, 0.25) is 0 Å². The first-order chi connectivity index (χ1) is 7.33. The van der Waals surface area contributed by atoms with E-state index in [2.05, 4.69) is 30.9 Å². The van der Waals surface area contributed by atoms with Gasteiger partial charge in [0.1, 0.15) is 11.9 Å². The minimum absolute atomic E-state index is 0.123. The molecule has 3 heterocycles. The molecule has 2 aromatic rings. The largest absolute Gasteiger partial charge is 0.370 e. The van der Waals surface area contributed by atoms with Crippen LogP contribution in [0, 0.1) is 0 Å². The molecule has 1 aliphatic heterocycles. The van der Waals surface area contributed by atoms with Gasteiger partial charge in [-0.2, -0.15) is 0 Å². The van der Waals surface area contributed by atoms with Crippen LogP contribution in [0.5, 0.6) is 0 Å². The number of hydrogen-bond acceptors (Lipinski definition) is 3. The van der Waals surface area contributed by atoms with E-state index in [1.807, 2.05) is 6.07 Å². The normalized spacial score (nSPS) is 21.3. The molecule has 78 valence electrons. The van der Waals surface area contributed by atoms with Crippen molar-refractivity contribution < 1.29 is 4.74 Å². The Morgan fingerprint density at radius 3 is 3.27 bits per heavy atom. The highest BCUT2D eigenvalue weighted by Gasteiger charge is 2.21. The zero-order valence-electron chi connectivity index (χ0n) is 8.03. The lowest BCUT2D eigenvalue weighted by Crippen LogP contribution is -1.97. The topological polar surface area (TPSA) is 50.8 Å². The van der Waals surface area contributed by atoms with Crippen molar-refractivity contribution in [1.82, 2.24) is 15.0 Å². The summed E-state index contributed by atoms with van der Waals surface area (Å²) in [6.07, 6.45) is 4.03. The van der Waals surface area contributed by atoms with E-state index in [1.165, 1.54) is 0 Å². The second-order valence-electron chi connectivity index (χ2n) is 3.65. The molecule has 0 radical (unpaired) electrons. The van der Waals surface area contributed by atoms with Gasteiger partial charge in [-0.05, 0) is 34.8 Å². The monoisotopic (exact) mass is 267 g/mol. The first kappa shape index (κ1) is 9.30. The number of H-pyrrole nitrogens is 1. The van der Waals surface area contributed by atoms with Crippen molar-refractivity contribution in [1.29, 1.82) is 0 Å². The molecule has 0 saturated carbocycles. The van der Waals surface area contributed by atoms with Crippen LogP contribution in [0.3, 0.4) is 0 Å². The first-order valence-corrected chi connectivity index (χ1v) is 5.75. The lowest BCUT2D eigenvalue weighted by Gasteiger charge is -2.03. The van der Waals surface area contributed by atoms with Crippen molar-refractivity contribution in [3.05, 3.63) is 22.6 Å². The molecule has 0 spiro atoms. The van der Waals surface area contributed by atoms with Crippen molar-refractivity contribution in [2.45, 2.75) is 18.9 Å². The summed E-state index contributed by atoms with van der Waals surface area (Å²) in [7, 11) is 0. The van der Waals surface area contributed by atoms with Gasteiger partial charge < -0.3 is 9.72 Å². The number of hydrogen-bond donors (Lipinski definition) is 1. The lowest BCUT2D eigenvalue weighted by atomic mass is 10.2. The van der Waals surface area contributed by atoms with Crippen molar-refractivity contribution in [2.75, 3.05) is 6.61 Å². The van der Waals surface area contributed by atoms with Gasteiger partial charge in [-0.25, -0.2) is 9.97 Å². The number of ether oxygens (including phenoxy) is 1. The quantitative estimate of drug-likeness (QED) is 0.864. The molecule has 4 nitrogen and oxygen atoms in total. The van der Waals surface area contributed by atoms with E-state index in [4.69, 9.17) is 4.74 Å². The highest BCUT2D eigenvalue weighted by molar-refractivity contribution is 9.10. The van der Waals surface area contributed by atoms with Gasteiger partial charge in [0.05, 0.1) is 5.52 Å². The van der Waals surface area contributed by atoms with Crippen LogP contribution in [-0.4, -0.2) is 21.6 Å². The summed E-state index contributed by atoms with van der Waals surface area (Å²) in [4.78, 5) is 11.9. The minimum Gasteiger partial charge on any atom is -0.370 e. The number of pyridine rings is 1. The highest BCUT2D eigenvalue weighted by atomic mass is 79.9. The van der Waals surface area contributed by atoms with Crippen LogP contribution in [0.15, 0.2) is 16.7 Å². The van der Waals surface area contributed by atoms with Gasteiger partial charge in [-0.1, -0.05) is 0 Å². The second kappa shape index (κ2) is 3.57. The molecule has 3 rings (SSSR count). The van der Waals surface area contributed by atoms with Crippen LogP contribution in [-0.2, 0) is 4.74 Å². The highest BCUT2D eigenvalue weighted by Crippen LogP contribution is 2.27. The predicted octanol–water partition coefficient (Wildman–Crippen LogP) is 2.57. The van der Waals surface area contributed by atoms with Gasteiger partial charge in [-0.3, -0.25) is 0 Å². The molecule has 1 fully saturated rings. The Hall–Kier alpha value is -0.940. The van der Waals surface area contributed by atoms with E-state index < -0.39 is 0 Å². The number of fused-ring (bicyclic) bond motifs is 1. The molecule has 2 aromatic heterocycles. The number of aromatic amines is 1. The summed E-state index contributed by atoms with van der Waals surface area (Å²) >= 11 is 3.38. The minimum atomic E-state index is 0.123. The van der Waals surface area contributed by atoms with E-state index in [-0.39, 0.29) is 6.10 Å². The Labute approximate surface area is 95.2 Å². The Morgan fingerprint density at radius 2 is 2.47 bits per heavy atom. The fraction of sp³-hybridized carbons (Fsp3) is 0.400. The smallest absolute Gasteiger partial charge is 0.177 e. The molecule has 0 unspecified atom stereocenters. The molecule has 5 heteroatoms. The van der Waals surface area contributed by atoms with E-state index >= 15 is 0 Å². The van der Waals surface area contributed by atoms with Crippen molar-refractivity contribution in [2.24, 2.45) is 0 Å². The zero-order valence-corrected chi connectivity index (χ0v) is 9.62. The van der Waals surface area contributed by atoms with Gasteiger partial charge >= 0.3 is 0 Å². The molecule has 1 aliphatic rings. The maximum Gasteiger partial charge on any atom is 0.177 e. The molecule has 0 aliphatic carbocycles. The van der Waals surface area contributed by atoms with E-state index in [9.17, 15) is 0 Å². The molecular formula is C10H10BrN3O. The van der Waals surface area contributed by atoms with Crippen molar-refractivity contribution in [3.63, 3.8) is 0 Å². The Bertz CT molecular complexity index is 490. The van der Waals surface area contributed by atoms with Crippen molar-refractivity contribution in [3.8, 4) is 0 Å². The summed E-state index contributed by atoms with van der Waals surface area (Å²) in [5, 5.41) is 0. The third-order valence-electron chi connectivity index (χ3n) is 2.56. The molecule has 1 saturated heterocycles. The van der Waals surface area contributed by atoms with Gasteiger partial charge in [0.25, 0.3) is 0 Å². The SMILES string of the molecule is Brc1cnc2nc([C@@H]3CCCO3)[nH]c2c1. The van der Waals surface area contributed by atoms with Crippen LogP contribution < -0.4 is 0 Å². The van der Waals surface area contributed by atoms with Crippen LogP contribution in [0.25, 0.3) is 11.2 Å². The second-order valence-corrected chi connectivity index (χ2v) is 4.56. The Kier molecular flexibility index (Phi) is 2.21. The average molecular weight is 268 g/mol. The molecule has 1 N–H and O–H groups in total. The van der Waals surface area contributed by atoms with Gasteiger partial charge in [0, 0.05) is 17.3 Å². The maximum atomic E-state index is 5.57. The third kappa shape index (κ3) is 1.66. The van der Waals surface area contributed by atoms with Gasteiger partial charge in [0.15, 0.2) is 5.65 Å². The standard InChI is InChI=1S/C10H10BrN3O/c11-6-4-7-9(12-5-6)14-10(13-7)8-2-1-3-15-8/h4-5,8H,1-3H2,(H,12,13,14)/t8-/m0/s1. The van der Waals surface area contributed by atoms with E-state index in [1.54, 1.807) is 6.20 Å². The fourth-order valence-corrected chi connectivity index (χ4v) is 2.17. The number of rotatable bonds is 1. The van der Waals surface area contributed by atoms with Gasteiger partial charge in [0.2, 0.25) is 0 Å². The summed E-state index contributed by atoms with van der Waals surface area (Å²) in [5.41, 5.74) is 1.71. The van der Waals surface area contributed by atoms with Crippen molar-refractivity contribution >= 4 is 27.1 Å². The number of imidazole rings is 1. The predicted molar refractivity (Wildman–Crippen MR) is 59.5 cm³/mol. The summed E-state index contributed by atoms with van der Waals surface area (Å²) < 4.78 is 6.52. The number of nitrogens with zero attached hydrogens (tertiary/aromatic N) is 2.